The van der Waals surface area contributed by atoms with Gasteiger partial charge in [0.15, 0.2) is 5.78 Å². The summed E-state index contributed by atoms with van der Waals surface area (Å²) in [7, 11) is 2.98. The zero-order valence-electron chi connectivity index (χ0n) is 15.1. The molecule has 5 heteroatoms. The molecule has 0 spiro atoms. The fraction of sp³-hybridized carbons (Fsp3) is 0.579. The van der Waals surface area contributed by atoms with E-state index in [1.807, 2.05) is 13.8 Å². The molecule has 134 valence electrons. The highest BCUT2D eigenvalue weighted by Gasteiger charge is 2.32. The van der Waals surface area contributed by atoms with E-state index in [9.17, 15) is 9.59 Å². The van der Waals surface area contributed by atoms with Crippen LogP contribution in [0.3, 0.4) is 0 Å². The van der Waals surface area contributed by atoms with E-state index in [0.29, 0.717) is 30.1 Å². The summed E-state index contributed by atoms with van der Waals surface area (Å²) in [5.41, 5.74) is 0.302. The molecule has 0 amide bonds. The number of ether oxygens (including phenoxy) is 3. The van der Waals surface area contributed by atoms with Crippen molar-refractivity contribution >= 4 is 11.8 Å². The quantitative estimate of drug-likeness (QED) is 0.264. The number of benzene rings is 1. The molecule has 1 atom stereocenters. The minimum Gasteiger partial charge on any atom is -0.496 e. The van der Waals surface area contributed by atoms with Crippen molar-refractivity contribution in [2.45, 2.75) is 46.0 Å². The molecule has 0 aromatic heterocycles. The van der Waals surface area contributed by atoms with Crippen LogP contribution < -0.4 is 9.47 Å². The van der Waals surface area contributed by atoms with Gasteiger partial charge in [-0.05, 0) is 25.0 Å². The average molecular weight is 336 g/mol. The van der Waals surface area contributed by atoms with Crippen molar-refractivity contribution in [3.63, 3.8) is 0 Å². The molecule has 0 fully saturated rings. The maximum absolute atomic E-state index is 13.0. The number of hydrogen-bond acceptors (Lipinski definition) is 5. The van der Waals surface area contributed by atoms with E-state index in [2.05, 4.69) is 0 Å². The van der Waals surface area contributed by atoms with Crippen LogP contribution in [0.25, 0.3) is 0 Å². The fourth-order valence-corrected chi connectivity index (χ4v) is 2.45. The molecule has 0 aliphatic rings. The first-order chi connectivity index (χ1) is 11.6. The Balaban J connectivity index is 3.09. The number of carbonyl (C=O) groups is 2. The Morgan fingerprint density at radius 3 is 2.08 bits per heavy atom. The molecule has 1 rings (SSSR count). The Kier molecular flexibility index (Phi) is 8.90. The number of unbranched alkanes of at least 4 members (excludes halogenated alkanes) is 2. The molecular formula is C19H28O5. The predicted octanol–water partition coefficient (Wildman–Crippen LogP) is 4.04. The summed E-state index contributed by atoms with van der Waals surface area (Å²) < 4.78 is 15.9. The molecule has 1 aromatic rings. The second-order valence-corrected chi connectivity index (χ2v) is 5.62. The summed E-state index contributed by atoms with van der Waals surface area (Å²) in [5.74, 6) is -0.787. The first-order valence-electron chi connectivity index (χ1n) is 8.52. The van der Waals surface area contributed by atoms with Gasteiger partial charge in [-0.1, -0.05) is 39.2 Å². The predicted molar refractivity (Wildman–Crippen MR) is 92.8 cm³/mol. The van der Waals surface area contributed by atoms with Crippen LogP contribution in [0.1, 0.15) is 56.3 Å². The maximum Gasteiger partial charge on any atom is 0.316 e. The topological polar surface area (TPSA) is 61.8 Å². The number of ketones is 1. The summed E-state index contributed by atoms with van der Waals surface area (Å²) in [6.45, 7) is 4.38. The molecule has 0 heterocycles. The van der Waals surface area contributed by atoms with E-state index >= 15 is 0 Å². The molecular weight excluding hydrogens is 308 g/mol. The largest absolute Gasteiger partial charge is 0.496 e. The molecule has 0 radical (unpaired) electrons. The van der Waals surface area contributed by atoms with Gasteiger partial charge in [-0.2, -0.15) is 0 Å². The van der Waals surface area contributed by atoms with Gasteiger partial charge in [0.05, 0.1) is 20.8 Å². The van der Waals surface area contributed by atoms with Crippen molar-refractivity contribution in [2.75, 3.05) is 20.8 Å². The van der Waals surface area contributed by atoms with Crippen molar-refractivity contribution in [1.82, 2.24) is 0 Å². The molecule has 0 aliphatic carbocycles. The van der Waals surface area contributed by atoms with E-state index in [-0.39, 0.29) is 5.78 Å². The van der Waals surface area contributed by atoms with E-state index < -0.39 is 11.9 Å². The molecule has 5 nitrogen and oxygen atoms in total. The van der Waals surface area contributed by atoms with E-state index in [4.69, 9.17) is 14.2 Å². The minimum absolute atomic E-state index is 0.302. The Bertz CT molecular complexity index is 516. The maximum atomic E-state index is 13.0. The van der Waals surface area contributed by atoms with Gasteiger partial charge in [-0.25, -0.2) is 0 Å². The molecule has 0 saturated carbocycles. The van der Waals surface area contributed by atoms with Crippen LogP contribution in [0, 0.1) is 5.92 Å². The van der Waals surface area contributed by atoms with Gasteiger partial charge in [0.1, 0.15) is 23.0 Å². The SMILES string of the molecule is CCCCOC(=O)C(CCCC)C(=O)c1c(OC)cccc1OC. The summed E-state index contributed by atoms with van der Waals surface area (Å²) in [5, 5.41) is 0. The summed E-state index contributed by atoms with van der Waals surface area (Å²) in [6, 6.07) is 5.12. The summed E-state index contributed by atoms with van der Waals surface area (Å²) >= 11 is 0. The minimum atomic E-state index is -0.827. The van der Waals surface area contributed by atoms with Gasteiger partial charge >= 0.3 is 5.97 Å². The standard InChI is InChI=1S/C19H28O5/c1-5-7-10-14(19(21)24-13-8-6-2)18(20)17-15(22-3)11-9-12-16(17)23-4/h9,11-12,14H,5-8,10,13H2,1-4H3. The lowest BCUT2D eigenvalue weighted by atomic mass is 9.91. The molecule has 0 aliphatic heterocycles. The number of esters is 1. The molecule has 0 saturated heterocycles. The summed E-state index contributed by atoms with van der Waals surface area (Å²) in [4.78, 5) is 25.4. The van der Waals surface area contributed by atoms with Crippen molar-refractivity contribution < 1.29 is 23.8 Å². The number of carbonyl (C=O) groups excluding carboxylic acids is 2. The van der Waals surface area contributed by atoms with Crippen LogP contribution in [0.2, 0.25) is 0 Å². The van der Waals surface area contributed by atoms with Crippen LogP contribution in [-0.4, -0.2) is 32.6 Å². The van der Waals surface area contributed by atoms with Crippen molar-refractivity contribution in [1.29, 1.82) is 0 Å². The smallest absolute Gasteiger partial charge is 0.316 e. The highest BCUT2D eigenvalue weighted by atomic mass is 16.5. The second-order valence-electron chi connectivity index (χ2n) is 5.62. The van der Waals surface area contributed by atoms with Gasteiger partial charge in [0.2, 0.25) is 0 Å². The molecule has 1 aromatic carbocycles. The highest BCUT2D eigenvalue weighted by molar-refractivity contribution is 6.11. The first kappa shape index (κ1) is 20.0. The van der Waals surface area contributed by atoms with Crippen LogP contribution in [0.5, 0.6) is 11.5 Å². The Morgan fingerprint density at radius 1 is 1.00 bits per heavy atom. The van der Waals surface area contributed by atoms with Crippen LogP contribution in [0.4, 0.5) is 0 Å². The van der Waals surface area contributed by atoms with E-state index in [1.165, 1.54) is 14.2 Å². The lowest BCUT2D eigenvalue weighted by molar-refractivity contribution is -0.147. The monoisotopic (exact) mass is 336 g/mol. The Labute approximate surface area is 144 Å². The van der Waals surface area contributed by atoms with Crippen LogP contribution >= 0.6 is 0 Å². The fourth-order valence-electron chi connectivity index (χ4n) is 2.45. The lowest BCUT2D eigenvalue weighted by Gasteiger charge is -2.18. The first-order valence-corrected chi connectivity index (χ1v) is 8.52. The summed E-state index contributed by atoms with van der Waals surface area (Å²) in [6.07, 6.45) is 3.85. The van der Waals surface area contributed by atoms with Gasteiger partial charge in [-0.3, -0.25) is 9.59 Å². The Morgan fingerprint density at radius 2 is 1.58 bits per heavy atom. The Hall–Kier alpha value is -2.04. The third kappa shape index (κ3) is 5.25. The second kappa shape index (κ2) is 10.7. The highest BCUT2D eigenvalue weighted by Crippen LogP contribution is 2.32. The van der Waals surface area contributed by atoms with Crippen LogP contribution in [-0.2, 0) is 9.53 Å². The lowest BCUT2D eigenvalue weighted by Crippen LogP contribution is -2.27. The number of rotatable bonds is 11. The van der Waals surface area contributed by atoms with Crippen molar-refractivity contribution in [2.24, 2.45) is 5.92 Å². The van der Waals surface area contributed by atoms with Crippen LogP contribution in [0.15, 0.2) is 18.2 Å². The average Bonchev–Trinajstić information content (AvgIpc) is 2.61. The van der Waals surface area contributed by atoms with Gasteiger partial charge in [-0.15, -0.1) is 0 Å². The number of Topliss-reactive ketones (excluding diaryl/α,β-unsaturated/α-hetero) is 1. The molecule has 24 heavy (non-hydrogen) atoms. The zero-order chi connectivity index (χ0) is 17.9. The van der Waals surface area contributed by atoms with Gasteiger partial charge in [0.25, 0.3) is 0 Å². The third-order valence-corrected chi connectivity index (χ3v) is 3.86. The molecule has 1 unspecified atom stereocenters. The zero-order valence-corrected chi connectivity index (χ0v) is 15.1. The van der Waals surface area contributed by atoms with E-state index in [0.717, 1.165) is 25.7 Å². The van der Waals surface area contributed by atoms with Crippen molar-refractivity contribution in [3.05, 3.63) is 23.8 Å². The number of hydrogen-bond donors (Lipinski definition) is 0. The number of methoxy groups -OCH3 is 2. The normalized spacial score (nSPS) is 11.7. The van der Waals surface area contributed by atoms with Crippen molar-refractivity contribution in [3.8, 4) is 11.5 Å². The third-order valence-electron chi connectivity index (χ3n) is 3.86. The van der Waals surface area contributed by atoms with Gasteiger partial charge < -0.3 is 14.2 Å². The van der Waals surface area contributed by atoms with E-state index in [1.54, 1.807) is 18.2 Å². The molecule has 0 bridgehead atoms. The van der Waals surface area contributed by atoms with Gasteiger partial charge in [0, 0.05) is 0 Å². The molecule has 0 N–H and O–H groups in total.